The minimum absolute atomic E-state index is 0.0971. The SMILES string of the molecule is CCC[C@]1(C2CCNCC2)NC(=O)N(CCCCF)C1=O. The number of urea groups is 1. The molecule has 0 saturated carbocycles. The van der Waals surface area contributed by atoms with Crippen molar-refractivity contribution in [1.82, 2.24) is 15.5 Å². The van der Waals surface area contributed by atoms with Crippen LogP contribution in [0.5, 0.6) is 0 Å². The monoisotopic (exact) mass is 299 g/mol. The van der Waals surface area contributed by atoms with Gasteiger partial charge in [-0.3, -0.25) is 14.1 Å². The van der Waals surface area contributed by atoms with Crippen LogP contribution in [0.2, 0.25) is 0 Å². The summed E-state index contributed by atoms with van der Waals surface area (Å²) in [5, 5.41) is 6.28. The van der Waals surface area contributed by atoms with Gasteiger partial charge in [0.1, 0.15) is 5.54 Å². The Morgan fingerprint density at radius 1 is 1.29 bits per heavy atom. The van der Waals surface area contributed by atoms with Crippen LogP contribution in [0.1, 0.15) is 45.4 Å². The summed E-state index contributed by atoms with van der Waals surface area (Å²) in [4.78, 5) is 26.3. The van der Waals surface area contributed by atoms with Crippen molar-refractivity contribution in [2.75, 3.05) is 26.3 Å². The number of carbonyl (C=O) groups is 2. The van der Waals surface area contributed by atoms with E-state index in [-0.39, 0.29) is 17.9 Å². The Morgan fingerprint density at radius 3 is 2.62 bits per heavy atom. The molecular weight excluding hydrogens is 273 g/mol. The zero-order valence-corrected chi connectivity index (χ0v) is 12.8. The Balaban J connectivity index is 2.13. The molecule has 0 bridgehead atoms. The first kappa shape index (κ1) is 16.2. The Bertz CT molecular complexity index is 385. The van der Waals surface area contributed by atoms with E-state index in [0.29, 0.717) is 25.8 Å². The molecule has 2 aliphatic heterocycles. The summed E-state index contributed by atoms with van der Waals surface area (Å²) in [6.07, 6.45) is 4.28. The number of hydrogen-bond donors (Lipinski definition) is 2. The molecule has 2 aliphatic rings. The second-order valence-electron chi connectivity index (χ2n) is 6.03. The number of rotatable bonds is 7. The van der Waals surface area contributed by atoms with Crippen molar-refractivity contribution >= 4 is 11.9 Å². The second kappa shape index (κ2) is 7.20. The van der Waals surface area contributed by atoms with E-state index in [1.54, 1.807) is 0 Å². The first-order valence-corrected chi connectivity index (χ1v) is 8.06. The molecule has 2 saturated heterocycles. The van der Waals surface area contributed by atoms with Crippen LogP contribution < -0.4 is 10.6 Å². The van der Waals surface area contributed by atoms with Crippen LogP contribution in [0.3, 0.4) is 0 Å². The highest BCUT2D eigenvalue weighted by Gasteiger charge is 2.54. The number of carbonyl (C=O) groups excluding carboxylic acids is 2. The van der Waals surface area contributed by atoms with Gasteiger partial charge in [0, 0.05) is 6.54 Å². The predicted octanol–water partition coefficient (Wildman–Crippen LogP) is 1.83. The van der Waals surface area contributed by atoms with Gasteiger partial charge in [0.2, 0.25) is 0 Å². The highest BCUT2D eigenvalue weighted by molar-refractivity contribution is 6.07. The Morgan fingerprint density at radius 2 is 2.00 bits per heavy atom. The van der Waals surface area contributed by atoms with Crippen molar-refractivity contribution in [2.24, 2.45) is 5.92 Å². The molecule has 0 unspecified atom stereocenters. The van der Waals surface area contributed by atoms with Crippen LogP contribution >= 0.6 is 0 Å². The summed E-state index contributed by atoms with van der Waals surface area (Å²) in [6, 6.07) is -0.300. The zero-order chi connectivity index (χ0) is 15.3. The lowest BCUT2D eigenvalue weighted by Gasteiger charge is -2.37. The highest BCUT2D eigenvalue weighted by atomic mass is 19.1. The van der Waals surface area contributed by atoms with Gasteiger partial charge in [-0.15, -0.1) is 0 Å². The molecule has 0 aromatic carbocycles. The maximum atomic E-state index is 12.8. The smallest absolute Gasteiger partial charge is 0.323 e. The minimum Gasteiger partial charge on any atom is -0.323 e. The van der Waals surface area contributed by atoms with Gasteiger partial charge in [0.05, 0.1) is 6.67 Å². The molecule has 1 atom stereocenters. The summed E-state index contributed by atoms with van der Waals surface area (Å²) >= 11 is 0. The summed E-state index contributed by atoms with van der Waals surface area (Å²) in [6.45, 7) is 3.74. The van der Waals surface area contributed by atoms with Gasteiger partial charge in [-0.2, -0.15) is 0 Å². The molecular formula is C15H26FN3O2. The summed E-state index contributed by atoms with van der Waals surface area (Å²) in [5.74, 6) is 0.0985. The number of unbranched alkanes of at least 4 members (excludes halogenated alkanes) is 1. The van der Waals surface area contributed by atoms with Crippen LogP contribution in [-0.4, -0.2) is 48.7 Å². The van der Waals surface area contributed by atoms with Crippen LogP contribution in [-0.2, 0) is 4.79 Å². The molecule has 0 spiro atoms. The third-order valence-electron chi connectivity index (χ3n) is 4.65. The summed E-state index contributed by atoms with van der Waals surface area (Å²) < 4.78 is 12.2. The highest BCUT2D eigenvalue weighted by Crippen LogP contribution is 2.35. The van der Waals surface area contributed by atoms with Crippen molar-refractivity contribution in [1.29, 1.82) is 0 Å². The van der Waals surface area contributed by atoms with Gasteiger partial charge in [-0.05, 0) is 51.1 Å². The third kappa shape index (κ3) is 3.20. The van der Waals surface area contributed by atoms with E-state index in [1.165, 1.54) is 4.90 Å². The molecule has 2 N–H and O–H groups in total. The maximum absolute atomic E-state index is 12.8. The quantitative estimate of drug-likeness (QED) is 0.557. The van der Waals surface area contributed by atoms with E-state index in [4.69, 9.17) is 0 Å². The van der Waals surface area contributed by atoms with Gasteiger partial charge in [-0.1, -0.05) is 13.3 Å². The molecule has 3 amide bonds. The number of piperidine rings is 1. The fourth-order valence-electron chi connectivity index (χ4n) is 3.57. The number of hydrogen-bond acceptors (Lipinski definition) is 3. The van der Waals surface area contributed by atoms with Crippen LogP contribution in [0.25, 0.3) is 0 Å². The number of amides is 3. The number of halogens is 1. The van der Waals surface area contributed by atoms with Crippen molar-refractivity contribution in [3.63, 3.8) is 0 Å². The van der Waals surface area contributed by atoms with E-state index in [2.05, 4.69) is 10.6 Å². The topological polar surface area (TPSA) is 61.4 Å². The number of alkyl halides is 1. The standard InChI is InChI=1S/C15H26FN3O2/c1-2-7-15(12-5-9-17-10-6-12)13(20)19(14(21)18-15)11-4-3-8-16/h12,17H,2-11H2,1H3,(H,18,21)/t15-/m1/s1. The lowest BCUT2D eigenvalue weighted by molar-refractivity contribution is -0.134. The van der Waals surface area contributed by atoms with Gasteiger partial charge in [0.15, 0.2) is 0 Å². The van der Waals surface area contributed by atoms with Crippen LogP contribution in [0, 0.1) is 5.92 Å². The fourth-order valence-corrected chi connectivity index (χ4v) is 3.57. The Labute approximate surface area is 125 Å². The fraction of sp³-hybridized carbons (Fsp3) is 0.867. The minimum atomic E-state index is -0.732. The Hall–Kier alpha value is -1.17. The van der Waals surface area contributed by atoms with E-state index < -0.39 is 12.2 Å². The van der Waals surface area contributed by atoms with E-state index in [1.807, 2.05) is 6.92 Å². The van der Waals surface area contributed by atoms with Gasteiger partial charge in [0.25, 0.3) is 5.91 Å². The second-order valence-corrected chi connectivity index (χ2v) is 6.03. The van der Waals surface area contributed by atoms with Crippen LogP contribution in [0.15, 0.2) is 0 Å². The summed E-state index contributed by atoms with van der Waals surface area (Å²) in [5.41, 5.74) is -0.732. The van der Waals surface area contributed by atoms with Gasteiger partial charge in [-0.25, -0.2) is 4.79 Å². The molecule has 5 nitrogen and oxygen atoms in total. The average molecular weight is 299 g/mol. The molecule has 6 heteroatoms. The molecule has 2 fully saturated rings. The molecule has 120 valence electrons. The van der Waals surface area contributed by atoms with Crippen molar-refractivity contribution in [2.45, 2.75) is 51.0 Å². The summed E-state index contributed by atoms with van der Waals surface area (Å²) in [7, 11) is 0. The molecule has 21 heavy (non-hydrogen) atoms. The lowest BCUT2D eigenvalue weighted by Crippen LogP contribution is -2.55. The van der Waals surface area contributed by atoms with Crippen LogP contribution in [0.4, 0.5) is 9.18 Å². The van der Waals surface area contributed by atoms with Gasteiger partial charge >= 0.3 is 6.03 Å². The van der Waals surface area contributed by atoms with Gasteiger partial charge < -0.3 is 10.6 Å². The first-order chi connectivity index (χ1) is 10.2. The largest absolute Gasteiger partial charge is 0.325 e. The maximum Gasteiger partial charge on any atom is 0.325 e. The van der Waals surface area contributed by atoms with Crippen molar-refractivity contribution in [3.05, 3.63) is 0 Å². The molecule has 0 aromatic heterocycles. The molecule has 2 heterocycles. The molecule has 2 rings (SSSR count). The molecule has 0 aromatic rings. The normalized spacial score (nSPS) is 27.2. The third-order valence-corrected chi connectivity index (χ3v) is 4.65. The molecule has 0 aliphatic carbocycles. The lowest BCUT2D eigenvalue weighted by atomic mass is 9.75. The van der Waals surface area contributed by atoms with E-state index in [0.717, 1.165) is 32.4 Å². The molecule has 0 radical (unpaired) electrons. The van der Waals surface area contributed by atoms with E-state index in [9.17, 15) is 14.0 Å². The van der Waals surface area contributed by atoms with Crippen molar-refractivity contribution in [3.8, 4) is 0 Å². The predicted molar refractivity (Wildman–Crippen MR) is 78.7 cm³/mol. The zero-order valence-electron chi connectivity index (χ0n) is 12.8. The first-order valence-electron chi connectivity index (χ1n) is 8.06. The average Bonchev–Trinajstić information content (AvgIpc) is 2.74. The number of nitrogens with one attached hydrogen (secondary N) is 2. The number of imide groups is 1. The van der Waals surface area contributed by atoms with E-state index >= 15 is 0 Å². The Kier molecular flexibility index (Phi) is 5.56. The number of nitrogens with zero attached hydrogens (tertiary/aromatic N) is 1. The van der Waals surface area contributed by atoms with Crippen molar-refractivity contribution < 1.29 is 14.0 Å².